The SMILES string of the molecule is Cc1nonc1CNC(=O)CC1CCNCC1.Cl. The van der Waals surface area contributed by atoms with Crippen molar-refractivity contribution in [2.24, 2.45) is 5.92 Å². The Morgan fingerprint density at radius 1 is 1.44 bits per heavy atom. The Morgan fingerprint density at radius 2 is 2.17 bits per heavy atom. The van der Waals surface area contributed by atoms with E-state index in [9.17, 15) is 4.79 Å². The largest absolute Gasteiger partial charge is 0.350 e. The zero-order valence-corrected chi connectivity index (χ0v) is 11.3. The molecular formula is C11H19ClN4O2. The molecule has 1 fully saturated rings. The van der Waals surface area contributed by atoms with Gasteiger partial charge < -0.3 is 10.6 Å². The van der Waals surface area contributed by atoms with Crippen LogP contribution in [0.5, 0.6) is 0 Å². The smallest absolute Gasteiger partial charge is 0.220 e. The number of carbonyl (C=O) groups excluding carboxylic acids is 1. The van der Waals surface area contributed by atoms with Gasteiger partial charge in [-0.05, 0) is 38.8 Å². The summed E-state index contributed by atoms with van der Waals surface area (Å²) in [6.45, 7) is 4.25. The summed E-state index contributed by atoms with van der Waals surface area (Å²) in [5.74, 6) is 0.590. The van der Waals surface area contributed by atoms with Gasteiger partial charge >= 0.3 is 0 Å². The molecule has 0 bridgehead atoms. The Balaban J connectivity index is 0.00000162. The van der Waals surface area contributed by atoms with E-state index >= 15 is 0 Å². The van der Waals surface area contributed by atoms with Crippen LogP contribution in [-0.2, 0) is 11.3 Å². The van der Waals surface area contributed by atoms with Crippen molar-refractivity contribution in [3.05, 3.63) is 11.4 Å². The highest BCUT2D eigenvalue weighted by Crippen LogP contribution is 2.15. The van der Waals surface area contributed by atoms with Gasteiger partial charge in [-0.25, -0.2) is 4.63 Å². The first-order valence-corrected chi connectivity index (χ1v) is 6.01. The maximum Gasteiger partial charge on any atom is 0.220 e. The molecule has 6 nitrogen and oxygen atoms in total. The molecule has 0 aromatic carbocycles. The number of aromatic nitrogens is 2. The number of carbonyl (C=O) groups is 1. The summed E-state index contributed by atoms with van der Waals surface area (Å²) in [6.07, 6.45) is 2.77. The number of hydrogen-bond acceptors (Lipinski definition) is 5. The number of piperidine rings is 1. The molecule has 1 saturated heterocycles. The molecule has 1 aromatic rings. The van der Waals surface area contributed by atoms with Crippen LogP contribution in [0, 0.1) is 12.8 Å². The van der Waals surface area contributed by atoms with Crippen LogP contribution in [0.4, 0.5) is 0 Å². The van der Waals surface area contributed by atoms with Crippen molar-refractivity contribution in [3.63, 3.8) is 0 Å². The van der Waals surface area contributed by atoms with Crippen molar-refractivity contribution < 1.29 is 9.42 Å². The lowest BCUT2D eigenvalue weighted by atomic mass is 9.94. The summed E-state index contributed by atoms with van der Waals surface area (Å²) in [5.41, 5.74) is 1.43. The van der Waals surface area contributed by atoms with Crippen LogP contribution in [0.1, 0.15) is 30.7 Å². The second kappa shape index (κ2) is 7.33. The topological polar surface area (TPSA) is 80.1 Å². The summed E-state index contributed by atoms with van der Waals surface area (Å²) in [4.78, 5) is 11.7. The minimum atomic E-state index is 0. The van der Waals surface area contributed by atoms with Gasteiger partial charge in [0.2, 0.25) is 5.91 Å². The van der Waals surface area contributed by atoms with Crippen LogP contribution in [0.3, 0.4) is 0 Å². The number of amides is 1. The number of halogens is 1. The van der Waals surface area contributed by atoms with Crippen LogP contribution in [0.15, 0.2) is 4.63 Å². The molecule has 2 rings (SSSR count). The number of hydrogen-bond donors (Lipinski definition) is 2. The van der Waals surface area contributed by atoms with Gasteiger partial charge in [0, 0.05) is 6.42 Å². The highest BCUT2D eigenvalue weighted by atomic mass is 35.5. The van der Waals surface area contributed by atoms with Gasteiger partial charge in [0.25, 0.3) is 0 Å². The van der Waals surface area contributed by atoms with Crippen molar-refractivity contribution in [3.8, 4) is 0 Å². The molecule has 0 radical (unpaired) electrons. The third-order valence-corrected chi connectivity index (χ3v) is 3.13. The summed E-state index contributed by atoms with van der Waals surface area (Å²) >= 11 is 0. The molecule has 2 heterocycles. The zero-order chi connectivity index (χ0) is 12.1. The molecule has 2 N–H and O–H groups in total. The van der Waals surface area contributed by atoms with Crippen LogP contribution in [0.25, 0.3) is 0 Å². The maximum absolute atomic E-state index is 11.7. The molecule has 1 aromatic heterocycles. The molecule has 0 atom stereocenters. The maximum atomic E-state index is 11.7. The van der Waals surface area contributed by atoms with Gasteiger partial charge in [0.1, 0.15) is 11.4 Å². The number of rotatable bonds is 4. The van der Waals surface area contributed by atoms with E-state index in [1.54, 1.807) is 0 Å². The average Bonchev–Trinajstić information content (AvgIpc) is 2.74. The molecule has 1 aliphatic rings. The molecule has 7 heteroatoms. The van der Waals surface area contributed by atoms with Gasteiger partial charge in [-0.1, -0.05) is 10.3 Å². The minimum absolute atomic E-state index is 0. The predicted octanol–water partition coefficient (Wildman–Crippen LogP) is 0.806. The molecular weight excluding hydrogens is 256 g/mol. The van der Waals surface area contributed by atoms with E-state index in [-0.39, 0.29) is 18.3 Å². The quantitative estimate of drug-likeness (QED) is 0.849. The Kier molecular flexibility index (Phi) is 6.07. The molecule has 18 heavy (non-hydrogen) atoms. The van der Waals surface area contributed by atoms with Gasteiger partial charge in [0.15, 0.2) is 0 Å². The van der Waals surface area contributed by atoms with Crippen molar-refractivity contribution >= 4 is 18.3 Å². The van der Waals surface area contributed by atoms with Gasteiger partial charge in [-0.2, -0.15) is 0 Å². The monoisotopic (exact) mass is 274 g/mol. The molecule has 0 aliphatic carbocycles. The van der Waals surface area contributed by atoms with E-state index in [0.29, 0.717) is 24.6 Å². The molecule has 1 amide bonds. The average molecular weight is 275 g/mol. The lowest BCUT2D eigenvalue weighted by Gasteiger charge is -2.21. The van der Waals surface area contributed by atoms with Crippen LogP contribution in [0.2, 0.25) is 0 Å². The van der Waals surface area contributed by atoms with Crippen molar-refractivity contribution in [1.29, 1.82) is 0 Å². The highest BCUT2D eigenvalue weighted by Gasteiger charge is 2.17. The number of aryl methyl sites for hydroxylation is 1. The third kappa shape index (κ3) is 4.27. The van der Waals surface area contributed by atoms with E-state index in [2.05, 4.69) is 25.6 Å². The lowest BCUT2D eigenvalue weighted by Crippen LogP contribution is -2.32. The summed E-state index contributed by atoms with van der Waals surface area (Å²) in [6, 6.07) is 0. The van der Waals surface area contributed by atoms with Crippen LogP contribution >= 0.6 is 12.4 Å². The number of nitrogens with one attached hydrogen (secondary N) is 2. The first-order chi connectivity index (χ1) is 8.25. The predicted molar refractivity (Wildman–Crippen MR) is 68.3 cm³/mol. The second-order valence-corrected chi connectivity index (χ2v) is 4.47. The zero-order valence-electron chi connectivity index (χ0n) is 10.4. The second-order valence-electron chi connectivity index (χ2n) is 4.47. The Bertz CT molecular complexity index is 377. The van der Waals surface area contributed by atoms with Crippen molar-refractivity contribution in [2.45, 2.75) is 32.7 Å². The minimum Gasteiger partial charge on any atom is -0.350 e. The Morgan fingerprint density at radius 3 is 2.78 bits per heavy atom. The fourth-order valence-electron chi connectivity index (χ4n) is 2.01. The van der Waals surface area contributed by atoms with Crippen molar-refractivity contribution in [1.82, 2.24) is 20.9 Å². The van der Waals surface area contributed by atoms with Gasteiger partial charge in [0.05, 0.1) is 6.54 Å². The van der Waals surface area contributed by atoms with E-state index in [1.165, 1.54) is 0 Å². The fraction of sp³-hybridized carbons (Fsp3) is 0.727. The van der Waals surface area contributed by atoms with Gasteiger partial charge in [-0.3, -0.25) is 4.79 Å². The van der Waals surface area contributed by atoms with Crippen LogP contribution < -0.4 is 10.6 Å². The van der Waals surface area contributed by atoms with Crippen molar-refractivity contribution in [2.75, 3.05) is 13.1 Å². The highest BCUT2D eigenvalue weighted by molar-refractivity contribution is 5.85. The van der Waals surface area contributed by atoms with Gasteiger partial charge in [-0.15, -0.1) is 12.4 Å². The van der Waals surface area contributed by atoms with E-state index in [4.69, 9.17) is 0 Å². The summed E-state index contributed by atoms with van der Waals surface area (Å²) in [5, 5.41) is 13.5. The molecule has 1 aliphatic heterocycles. The molecule has 0 saturated carbocycles. The van der Waals surface area contributed by atoms with E-state index in [1.807, 2.05) is 6.92 Å². The standard InChI is InChI=1S/C11H18N4O2.ClH/c1-8-10(15-17-14-8)7-13-11(16)6-9-2-4-12-5-3-9;/h9,12H,2-7H2,1H3,(H,13,16);1H. The van der Waals surface area contributed by atoms with E-state index < -0.39 is 0 Å². The first kappa shape index (κ1) is 14.9. The first-order valence-electron chi connectivity index (χ1n) is 6.01. The normalized spacial score (nSPS) is 16.1. The summed E-state index contributed by atoms with van der Waals surface area (Å²) < 4.78 is 4.57. The van der Waals surface area contributed by atoms with E-state index in [0.717, 1.165) is 31.6 Å². The molecule has 102 valence electrons. The third-order valence-electron chi connectivity index (χ3n) is 3.13. The number of nitrogens with zero attached hydrogens (tertiary/aromatic N) is 2. The lowest BCUT2D eigenvalue weighted by molar-refractivity contribution is -0.122. The summed E-state index contributed by atoms with van der Waals surface area (Å²) in [7, 11) is 0. The Labute approximate surface area is 112 Å². The molecule has 0 unspecified atom stereocenters. The Hall–Kier alpha value is -1.14. The van der Waals surface area contributed by atoms with Crippen LogP contribution in [-0.4, -0.2) is 29.3 Å². The molecule has 0 spiro atoms. The fourth-order valence-corrected chi connectivity index (χ4v) is 2.01.